The number of carboxylic acids is 1. The molecule has 1 heterocycles. The van der Waals surface area contributed by atoms with Gasteiger partial charge in [0.15, 0.2) is 0 Å². The first-order valence-corrected chi connectivity index (χ1v) is 9.06. The van der Waals surface area contributed by atoms with Crippen LogP contribution in [0.3, 0.4) is 0 Å². The summed E-state index contributed by atoms with van der Waals surface area (Å²) in [6, 6.07) is 0.312. The Morgan fingerprint density at radius 1 is 1.21 bits per heavy atom. The molecule has 2 N–H and O–H groups in total. The third-order valence-corrected chi connectivity index (χ3v) is 6.41. The van der Waals surface area contributed by atoms with Crippen LogP contribution in [0.25, 0.3) is 0 Å². The van der Waals surface area contributed by atoms with E-state index < -0.39 is 5.97 Å². The van der Waals surface area contributed by atoms with E-state index in [1.807, 2.05) is 6.92 Å². The highest BCUT2D eigenvalue weighted by Crippen LogP contribution is 2.53. The molecule has 4 saturated carbocycles. The van der Waals surface area contributed by atoms with E-state index in [9.17, 15) is 9.59 Å². The largest absolute Gasteiger partial charge is 0.481 e. The first kappa shape index (κ1) is 15.7. The van der Waals surface area contributed by atoms with Crippen molar-refractivity contribution in [2.45, 2.75) is 58.0 Å². The van der Waals surface area contributed by atoms with Crippen LogP contribution in [-0.2, 0) is 11.3 Å². The fraction of sp³-hybridized carbons (Fsp3) is 0.722. The number of aryl methyl sites for hydroxylation is 1. The van der Waals surface area contributed by atoms with Gasteiger partial charge < -0.3 is 10.4 Å². The summed E-state index contributed by atoms with van der Waals surface area (Å²) in [6.07, 6.45) is 8.08. The summed E-state index contributed by atoms with van der Waals surface area (Å²) < 4.78 is 1.61. The Morgan fingerprint density at radius 3 is 2.42 bits per heavy atom. The fourth-order valence-corrected chi connectivity index (χ4v) is 5.49. The zero-order valence-electron chi connectivity index (χ0n) is 14.1. The maximum Gasteiger partial charge on any atom is 0.305 e. The quantitative estimate of drug-likeness (QED) is 0.866. The van der Waals surface area contributed by atoms with E-state index >= 15 is 0 Å². The molecule has 4 fully saturated rings. The first-order valence-electron chi connectivity index (χ1n) is 9.06. The molecular formula is C18H25N3O3. The number of aliphatic carboxylic acids is 1. The molecule has 4 aliphatic rings. The number of hydrogen-bond acceptors (Lipinski definition) is 3. The predicted octanol–water partition coefficient (Wildman–Crippen LogP) is 2.22. The van der Waals surface area contributed by atoms with Gasteiger partial charge in [-0.25, -0.2) is 0 Å². The van der Waals surface area contributed by atoms with Crippen molar-refractivity contribution in [1.29, 1.82) is 0 Å². The Balaban J connectivity index is 1.44. The second-order valence-corrected chi connectivity index (χ2v) is 7.94. The molecule has 6 nitrogen and oxygen atoms in total. The minimum absolute atomic E-state index is 0.0130. The number of carboxylic acid groups (broad SMARTS) is 1. The zero-order valence-corrected chi connectivity index (χ0v) is 14.1. The number of nitrogens with zero attached hydrogens (tertiary/aromatic N) is 2. The molecule has 1 aromatic heterocycles. The number of rotatable bonds is 5. The SMILES string of the molecule is Cc1c(C(=O)NC2C3CC4CC(C3)CC2C4)cnn1CCC(=O)O. The van der Waals surface area contributed by atoms with E-state index in [0.29, 0.717) is 30.0 Å². The molecule has 0 saturated heterocycles. The summed E-state index contributed by atoms with van der Waals surface area (Å²) in [5.74, 6) is 2.17. The molecule has 0 unspecified atom stereocenters. The van der Waals surface area contributed by atoms with E-state index in [-0.39, 0.29) is 12.3 Å². The van der Waals surface area contributed by atoms with Gasteiger partial charge in [0, 0.05) is 11.7 Å². The predicted molar refractivity (Wildman–Crippen MR) is 87.5 cm³/mol. The normalized spacial score (nSPS) is 33.6. The van der Waals surface area contributed by atoms with Gasteiger partial charge in [-0.1, -0.05) is 0 Å². The molecule has 0 spiro atoms. The van der Waals surface area contributed by atoms with Crippen LogP contribution in [-0.4, -0.2) is 32.8 Å². The van der Waals surface area contributed by atoms with Crippen molar-refractivity contribution in [1.82, 2.24) is 15.1 Å². The lowest BCUT2D eigenvalue weighted by Gasteiger charge is -2.54. The molecule has 1 amide bonds. The minimum Gasteiger partial charge on any atom is -0.481 e. The summed E-state index contributed by atoms with van der Waals surface area (Å²) in [7, 11) is 0. The second kappa shape index (κ2) is 5.90. The molecule has 24 heavy (non-hydrogen) atoms. The van der Waals surface area contributed by atoms with Crippen LogP contribution < -0.4 is 5.32 Å². The van der Waals surface area contributed by atoms with E-state index in [1.54, 1.807) is 10.9 Å². The van der Waals surface area contributed by atoms with Gasteiger partial charge in [0.2, 0.25) is 0 Å². The van der Waals surface area contributed by atoms with Gasteiger partial charge in [0.1, 0.15) is 0 Å². The van der Waals surface area contributed by atoms with Crippen molar-refractivity contribution < 1.29 is 14.7 Å². The van der Waals surface area contributed by atoms with Crippen molar-refractivity contribution in [3.05, 3.63) is 17.5 Å². The summed E-state index contributed by atoms with van der Waals surface area (Å²) in [5.41, 5.74) is 1.33. The number of carbonyl (C=O) groups excluding carboxylic acids is 1. The van der Waals surface area contributed by atoms with Gasteiger partial charge in [0.05, 0.1) is 24.7 Å². The summed E-state index contributed by atoms with van der Waals surface area (Å²) in [4.78, 5) is 23.4. The Labute approximate surface area is 141 Å². The fourth-order valence-electron chi connectivity index (χ4n) is 5.49. The Kier molecular flexibility index (Phi) is 3.85. The van der Waals surface area contributed by atoms with E-state index in [1.165, 1.54) is 32.1 Å². The van der Waals surface area contributed by atoms with Crippen LogP contribution in [0.15, 0.2) is 6.20 Å². The number of hydrogen-bond donors (Lipinski definition) is 2. The van der Waals surface area contributed by atoms with Gasteiger partial charge in [0.25, 0.3) is 5.91 Å². The van der Waals surface area contributed by atoms with Crippen LogP contribution in [0.4, 0.5) is 0 Å². The van der Waals surface area contributed by atoms with Crippen LogP contribution in [0, 0.1) is 30.6 Å². The average Bonchev–Trinajstić information content (AvgIpc) is 2.89. The molecular weight excluding hydrogens is 306 g/mol. The maximum absolute atomic E-state index is 12.7. The second-order valence-electron chi connectivity index (χ2n) is 7.94. The molecule has 0 aliphatic heterocycles. The van der Waals surface area contributed by atoms with Crippen LogP contribution >= 0.6 is 0 Å². The lowest BCUT2D eigenvalue weighted by atomic mass is 9.54. The Hall–Kier alpha value is -1.85. The summed E-state index contributed by atoms with van der Waals surface area (Å²) >= 11 is 0. The highest BCUT2D eigenvalue weighted by atomic mass is 16.4. The maximum atomic E-state index is 12.7. The molecule has 0 aromatic carbocycles. The number of carbonyl (C=O) groups is 2. The van der Waals surface area contributed by atoms with Gasteiger partial charge in [-0.05, 0) is 62.7 Å². The van der Waals surface area contributed by atoms with Gasteiger partial charge in [-0.2, -0.15) is 5.10 Å². The monoisotopic (exact) mass is 331 g/mol. The summed E-state index contributed by atoms with van der Waals surface area (Å²) in [5, 5.41) is 16.3. The topological polar surface area (TPSA) is 84.2 Å². The number of amides is 1. The molecule has 0 radical (unpaired) electrons. The molecule has 4 aliphatic carbocycles. The highest BCUT2D eigenvalue weighted by Gasteiger charge is 2.48. The lowest BCUT2D eigenvalue weighted by molar-refractivity contribution is -0.137. The van der Waals surface area contributed by atoms with Crippen molar-refractivity contribution in [2.24, 2.45) is 23.7 Å². The van der Waals surface area contributed by atoms with Crippen molar-refractivity contribution in [3.63, 3.8) is 0 Å². The Morgan fingerprint density at radius 2 is 1.83 bits per heavy atom. The lowest BCUT2D eigenvalue weighted by Crippen LogP contribution is -2.55. The van der Waals surface area contributed by atoms with Crippen LogP contribution in [0.1, 0.15) is 54.6 Å². The van der Waals surface area contributed by atoms with Gasteiger partial charge in [-0.15, -0.1) is 0 Å². The smallest absolute Gasteiger partial charge is 0.305 e. The van der Waals surface area contributed by atoms with Crippen molar-refractivity contribution in [2.75, 3.05) is 0 Å². The molecule has 5 rings (SSSR count). The van der Waals surface area contributed by atoms with Gasteiger partial charge >= 0.3 is 5.97 Å². The standard InChI is InChI=1S/C18H25N3O3/c1-10-15(9-19-21(10)3-2-16(22)23)18(24)20-17-13-5-11-4-12(7-13)8-14(17)6-11/h9,11-14,17H,2-8H2,1H3,(H,20,24)(H,22,23). The molecule has 0 atom stereocenters. The summed E-state index contributed by atoms with van der Waals surface area (Å²) in [6.45, 7) is 2.13. The molecule has 6 heteroatoms. The highest BCUT2D eigenvalue weighted by molar-refractivity contribution is 5.95. The number of aromatic nitrogens is 2. The average molecular weight is 331 g/mol. The number of nitrogens with one attached hydrogen (secondary N) is 1. The molecule has 1 aromatic rings. The third-order valence-electron chi connectivity index (χ3n) is 6.41. The zero-order chi connectivity index (χ0) is 16.8. The van der Waals surface area contributed by atoms with Crippen LogP contribution in [0.2, 0.25) is 0 Å². The van der Waals surface area contributed by atoms with E-state index in [0.717, 1.165) is 17.5 Å². The molecule has 130 valence electrons. The van der Waals surface area contributed by atoms with E-state index in [2.05, 4.69) is 10.4 Å². The van der Waals surface area contributed by atoms with Gasteiger partial charge in [-0.3, -0.25) is 14.3 Å². The Bertz CT molecular complexity index is 638. The third kappa shape index (κ3) is 2.72. The van der Waals surface area contributed by atoms with Crippen molar-refractivity contribution in [3.8, 4) is 0 Å². The van der Waals surface area contributed by atoms with Crippen LogP contribution in [0.5, 0.6) is 0 Å². The first-order chi connectivity index (χ1) is 11.5. The van der Waals surface area contributed by atoms with Crippen molar-refractivity contribution >= 4 is 11.9 Å². The minimum atomic E-state index is -0.857. The molecule has 4 bridgehead atoms. The van der Waals surface area contributed by atoms with E-state index in [4.69, 9.17) is 5.11 Å².